The third-order valence-corrected chi connectivity index (χ3v) is 2.88. The summed E-state index contributed by atoms with van der Waals surface area (Å²) in [5.74, 6) is 1.25. The van der Waals surface area contributed by atoms with Gasteiger partial charge in [0.2, 0.25) is 11.8 Å². The summed E-state index contributed by atoms with van der Waals surface area (Å²) < 4.78 is 5.61. The fourth-order valence-corrected chi connectivity index (χ4v) is 1.81. The number of nitrogens with zero attached hydrogens (tertiary/aromatic N) is 2. The molecule has 1 aromatic carbocycles. The van der Waals surface area contributed by atoms with Crippen molar-refractivity contribution in [3.05, 3.63) is 46.6 Å². The average Bonchev–Trinajstić information content (AvgIpc) is 2.81. The molecule has 0 saturated carbocycles. The number of hydrogen-bond donors (Lipinski definition) is 1. The Morgan fingerprint density at radius 2 is 2.00 bits per heavy atom. The number of aromatic nitrogens is 2. The molecule has 0 bridgehead atoms. The van der Waals surface area contributed by atoms with Gasteiger partial charge in [-0.1, -0.05) is 30.7 Å². The molecule has 1 atom stereocenters. The van der Waals surface area contributed by atoms with Crippen molar-refractivity contribution in [1.29, 1.82) is 0 Å². The van der Waals surface area contributed by atoms with Crippen LogP contribution in [0.1, 0.15) is 37.2 Å². The predicted octanol–water partition coefficient (Wildman–Crippen LogP) is 2.98. The molecule has 1 aromatic heterocycles. The van der Waals surface area contributed by atoms with Crippen LogP contribution >= 0.6 is 11.6 Å². The maximum absolute atomic E-state index is 5.84. The van der Waals surface area contributed by atoms with Gasteiger partial charge in [-0.15, -0.1) is 10.2 Å². The first kappa shape index (κ1) is 13.1. The van der Waals surface area contributed by atoms with Gasteiger partial charge in [-0.05, 0) is 31.2 Å². The zero-order valence-corrected chi connectivity index (χ0v) is 11.2. The third kappa shape index (κ3) is 3.31. The van der Waals surface area contributed by atoms with E-state index >= 15 is 0 Å². The highest BCUT2D eigenvalue weighted by molar-refractivity contribution is 6.30. The maximum Gasteiger partial charge on any atom is 0.233 e. The Hall–Kier alpha value is -1.39. The van der Waals surface area contributed by atoms with E-state index in [1.807, 2.05) is 38.1 Å². The van der Waals surface area contributed by atoms with E-state index in [1.165, 1.54) is 0 Å². The Morgan fingerprint density at radius 1 is 1.28 bits per heavy atom. The fraction of sp³-hybridized carbons (Fsp3) is 0.385. The van der Waals surface area contributed by atoms with Gasteiger partial charge in [-0.25, -0.2) is 0 Å². The molecule has 18 heavy (non-hydrogen) atoms. The number of nitrogens with one attached hydrogen (secondary N) is 1. The monoisotopic (exact) mass is 265 g/mol. The third-order valence-electron chi connectivity index (χ3n) is 2.63. The Labute approximate surface area is 111 Å². The van der Waals surface area contributed by atoms with Crippen molar-refractivity contribution in [3.63, 3.8) is 0 Å². The van der Waals surface area contributed by atoms with E-state index in [2.05, 4.69) is 15.5 Å². The van der Waals surface area contributed by atoms with Crippen molar-refractivity contribution in [3.8, 4) is 0 Å². The number of benzene rings is 1. The first-order chi connectivity index (χ1) is 8.69. The molecule has 2 aromatic rings. The summed E-state index contributed by atoms with van der Waals surface area (Å²) in [6.07, 6.45) is 0.628. The van der Waals surface area contributed by atoms with E-state index in [0.717, 1.165) is 17.1 Å². The van der Waals surface area contributed by atoms with Gasteiger partial charge in [-0.3, -0.25) is 0 Å². The molecule has 1 heterocycles. The van der Waals surface area contributed by atoms with Gasteiger partial charge in [0, 0.05) is 5.02 Å². The summed E-state index contributed by atoms with van der Waals surface area (Å²) in [6, 6.07) is 7.71. The van der Waals surface area contributed by atoms with E-state index in [9.17, 15) is 0 Å². The average molecular weight is 266 g/mol. The van der Waals surface area contributed by atoms with Crippen molar-refractivity contribution in [2.24, 2.45) is 0 Å². The van der Waals surface area contributed by atoms with Crippen LogP contribution in [-0.2, 0) is 6.42 Å². The second kappa shape index (κ2) is 5.98. The van der Waals surface area contributed by atoms with Crippen LogP contribution in [-0.4, -0.2) is 16.7 Å². The highest BCUT2D eigenvalue weighted by atomic mass is 35.5. The quantitative estimate of drug-likeness (QED) is 0.903. The Kier molecular flexibility index (Phi) is 4.33. The first-order valence-electron chi connectivity index (χ1n) is 5.99. The summed E-state index contributed by atoms with van der Waals surface area (Å²) in [7, 11) is 0. The van der Waals surface area contributed by atoms with Crippen molar-refractivity contribution in [2.75, 3.05) is 6.54 Å². The zero-order valence-electron chi connectivity index (χ0n) is 10.5. The Balaban J connectivity index is 2.04. The lowest BCUT2D eigenvalue weighted by atomic mass is 10.1. The molecule has 0 amide bonds. The lowest BCUT2D eigenvalue weighted by Gasteiger charge is -2.05. The predicted molar refractivity (Wildman–Crippen MR) is 70.6 cm³/mol. The highest BCUT2D eigenvalue weighted by Crippen LogP contribution is 2.15. The summed E-state index contributed by atoms with van der Waals surface area (Å²) in [4.78, 5) is 0. The second-order valence-electron chi connectivity index (χ2n) is 4.12. The van der Waals surface area contributed by atoms with E-state index < -0.39 is 0 Å². The van der Waals surface area contributed by atoms with Crippen LogP contribution in [0.3, 0.4) is 0 Å². The molecule has 0 radical (unpaired) electrons. The van der Waals surface area contributed by atoms with Crippen molar-refractivity contribution in [2.45, 2.75) is 26.3 Å². The van der Waals surface area contributed by atoms with Crippen molar-refractivity contribution >= 4 is 11.6 Å². The molecular weight excluding hydrogens is 250 g/mol. The SMILES string of the molecule is CCNC(C)c1nnc(Cc2ccc(Cl)cc2)o1. The standard InChI is InChI=1S/C13H16ClN3O/c1-3-15-9(2)13-17-16-12(18-13)8-10-4-6-11(14)7-5-10/h4-7,9,15H,3,8H2,1-2H3. The number of halogens is 1. The molecule has 0 saturated heterocycles. The molecule has 2 rings (SSSR count). The van der Waals surface area contributed by atoms with E-state index in [1.54, 1.807) is 0 Å². The number of hydrogen-bond acceptors (Lipinski definition) is 4. The van der Waals surface area contributed by atoms with Gasteiger partial charge >= 0.3 is 0 Å². The molecule has 1 N–H and O–H groups in total. The second-order valence-corrected chi connectivity index (χ2v) is 4.55. The molecule has 5 heteroatoms. The van der Waals surface area contributed by atoms with Crippen LogP contribution in [0.2, 0.25) is 5.02 Å². The largest absolute Gasteiger partial charge is 0.423 e. The van der Waals surface area contributed by atoms with E-state index in [0.29, 0.717) is 18.2 Å². The lowest BCUT2D eigenvalue weighted by molar-refractivity contribution is 0.401. The van der Waals surface area contributed by atoms with E-state index in [-0.39, 0.29) is 6.04 Å². The smallest absolute Gasteiger partial charge is 0.233 e. The number of rotatable bonds is 5. The maximum atomic E-state index is 5.84. The van der Waals surface area contributed by atoms with Crippen LogP contribution in [0.15, 0.2) is 28.7 Å². The lowest BCUT2D eigenvalue weighted by Crippen LogP contribution is -2.17. The van der Waals surface area contributed by atoms with Crippen LogP contribution in [0.5, 0.6) is 0 Å². The van der Waals surface area contributed by atoms with Crippen LogP contribution < -0.4 is 5.32 Å². The van der Waals surface area contributed by atoms with Crippen LogP contribution in [0, 0.1) is 0 Å². The van der Waals surface area contributed by atoms with Gasteiger partial charge in [-0.2, -0.15) is 0 Å². The fourth-order valence-electron chi connectivity index (χ4n) is 1.68. The zero-order chi connectivity index (χ0) is 13.0. The topological polar surface area (TPSA) is 51.0 Å². The summed E-state index contributed by atoms with van der Waals surface area (Å²) in [6.45, 7) is 4.92. The Morgan fingerprint density at radius 3 is 2.67 bits per heavy atom. The summed E-state index contributed by atoms with van der Waals surface area (Å²) in [5.41, 5.74) is 1.10. The molecule has 1 unspecified atom stereocenters. The van der Waals surface area contributed by atoms with Crippen LogP contribution in [0.25, 0.3) is 0 Å². The van der Waals surface area contributed by atoms with Gasteiger partial charge in [0.15, 0.2) is 0 Å². The highest BCUT2D eigenvalue weighted by Gasteiger charge is 2.12. The van der Waals surface area contributed by atoms with Gasteiger partial charge in [0.25, 0.3) is 0 Å². The van der Waals surface area contributed by atoms with Crippen LogP contribution in [0.4, 0.5) is 0 Å². The minimum absolute atomic E-state index is 0.0847. The Bertz CT molecular complexity index is 495. The van der Waals surface area contributed by atoms with Crippen molar-refractivity contribution < 1.29 is 4.42 Å². The van der Waals surface area contributed by atoms with Crippen molar-refractivity contribution in [1.82, 2.24) is 15.5 Å². The molecule has 4 nitrogen and oxygen atoms in total. The normalized spacial score (nSPS) is 12.6. The van der Waals surface area contributed by atoms with E-state index in [4.69, 9.17) is 16.0 Å². The molecule has 0 aliphatic heterocycles. The minimum atomic E-state index is 0.0847. The molecule has 0 fully saturated rings. The molecule has 0 spiro atoms. The molecule has 0 aliphatic rings. The summed E-state index contributed by atoms with van der Waals surface area (Å²) >= 11 is 5.84. The summed E-state index contributed by atoms with van der Waals surface area (Å²) in [5, 5.41) is 12.1. The molecule has 96 valence electrons. The molecule has 0 aliphatic carbocycles. The first-order valence-corrected chi connectivity index (χ1v) is 6.37. The molecular formula is C13H16ClN3O. The van der Waals surface area contributed by atoms with Gasteiger partial charge in [0.05, 0.1) is 12.5 Å². The van der Waals surface area contributed by atoms with Gasteiger partial charge < -0.3 is 9.73 Å². The van der Waals surface area contributed by atoms with Gasteiger partial charge in [0.1, 0.15) is 0 Å². The minimum Gasteiger partial charge on any atom is -0.423 e.